The number of benzene rings is 2. The molecule has 2 heterocycles. The van der Waals surface area contributed by atoms with Crippen molar-refractivity contribution in [2.24, 2.45) is 0 Å². The summed E-state index contributed by atoms with van der Waals surface area (Å²) in [4.78, 5) is 9.04. The molecule has 0 fully saturated rings. The molecule has 4 aromatic rings. The summed E-state index contributed by atoms with van der Waals surface area (Å²) in [7, 11) is -3.38. The van der Waals surface area contributed by atoms with Crippen molar-refractivity contribution in [3.05, 3.63) is 66.4 Å². The van der Waals surface area contributed by atoms with Gasteiger partial charge in [-0.25, -0.2) is 18.4 Å². The maximum Gasteiger partial charge on any atom is 0.189 e. The summed E-state index contributed by atoms with van der Waals surface area (Å²) >= 11 is 0. The van der Waals surface area contributed by atoms with Crippen molar-refractivity contribution >= 4 is 15.7 Å². The highest BCUT2D eigenvalue weighted by Crippen LogP contribution is 2.30. The minimum absolute atomic E-state index is 0.159. The van der Waals surface area contributed by atoms with Crippen LogP contribution in [0.15, 0.2) is 70.2 Å². The van der Waals surface area contributed by atoms with Gasteiger partial charge in [-0.2, -0.15) is 0 Å². The van der Waals surface area contributed by atoms with Crippen LogP contribution in [0.2, 0.25) is 0 Å². The second kappa shape index (κ2) is 9.13. The highest BCUT2D eigenvalue weighted by Gasteiger charge is 2.20. The van der Waals surface area contributed by atoms with Crippen molar-refractivity contribution in [1.29, 1.82) is 0 Å². The summed E-state index contributed by atoms with van der Waals surface area (Å²) in [5.41, 5.74) is 9.67. The van der Waals surface area contributed by atoms with E-state index in [0.29, 0.717) is 28.4 Å². The lowest BCUT2D eigenvalue weighted by Gasteiger charge is -2.09. The van der Waals surface area contributed by atoms with Crippen molar-refractivity contribution in [2.45, 2.75) is 30.5 Å². The van der Waals surface area contributed by atoms with Crippen LogP contribution in [-0.2, 0) is 16.4 Å². The van der Waals surface area contributed by atoms with Gasteiger partial charge in [0.15, 0.2) is 27.1 Å². The maximum absolute atomic E-state index is 12.4. The zero-order valence-electron chi connectivity index (χ0n) is 21.1. The normalized spacial score (nSPS) is 13.5. The molecular weight excluding hydrogens is 438 g/mol. The van der Waals surface area contributed by atoms with Crippen LogP contribution in [0.1, 0.15) is 23.5 Å². The number of nitrogen functional groups attached to an aromatic ring is 1. The summed E-state index contributed by atoms with van der Waals surface area (Å²) in [6.07, 6.45) is 1.51. The molecule has 9 heteroatoms. The van der Waals surface area contributed by atoms with E-state index < -0.39 is 22.1 Å². The Bertz CT molecular complexity index is 1470. The van der Waals surface area contributed by atoms with E-state index in [1.165, 1.54) is 6.20 Å². The third-order valence-electron chi connectivity index (χ3n) is 5.19. The number of sulfone groups is 1. The second-order valence-electron chi connectivity index (χ2n) is 7.73. The van der Waals surface area contributed by atoms with Gasteiger partial charge in [0.1, 0.15) is 5.69 Å². The molecule has 0 unspecified atom stereocenters. The lowest BCUT2D eigenvalue weighted by Crippen LogP contribution is -2.13. The average molecular weight is 467 g/mol. The van der Waals surface area contributed by atoms with Crippen molar-refractivity contribution in [3.8, 4) is 34.0 Å². The van der Waals surface area contributed by atoms with Gasteiger partial charge in [0.25, 0.3) is 0 Å². The van der Waals surface area contributed by atoms with Gasteiger partial charge in [-0.1, -0.05) is 41.6 Å². The van der Waals surface area contributed by atoms with Crippen LogP contribution in [0.4, 0.5) is 5.82 Å². The number of anilines is 1. The molecule has 0 saturated carbocycles. The molecule has 2 aromatic heterocycles. The van der Waals surface area contributed by atoms with Crippen LogP contribution in [0.25, 0.3) is 34.0 Å². The van der Waals surface area contributed by atoms with Crippen molar-refractivity contribution < 1.29 is 17.1 Å². The van der Waals surface area contributed by atoms with E-state index in [1.807, 2.05) is 12.1 Å². The standard InChI is InChI=1S/C24H25N5O3S/c1-15(2)33(30,31)19-10-8-18(9-11-19)21-14-27-24(25)23(28-21)22-12-20(29-32-22)17-6-4-16(5-7-17)13-26-3/h4-12,14-15,26H,13H2,1-3H3,(H2,25,27)/i3D3. The van der Waals surface area contributed by atoms with Gasteiger partial charge in [-0.3, -0.25) is 0 Å². The molecular formula is C24H25N5O3S. The van der Waals surface area contributed by atoms with Crippen LogP contribution >= 0.6 is 0 Å². The number of hydrogen-bond donors (Lipinski definition) is 2. The highest BCUT2D eigenvalue weighted by molar-refractivity contribution is 7.92. The topological polar surface area (TPSA) is 124 Å². The number of nitrogens with two attached hydrogens (primary N) is 1. The Balaban J connectivity index is 1.57. The zero-order valence-corrected chi connectivity index (χ0v) is 18.9. The molecule has 3 N–H and O–H groups in total. The summed E-state index contributed by atoms with van der Waals surface area (Å²) in [6.45, 7) is 1.28. The SMILES string of the molecule is [2H]C([2H])([2H])NCc1ccc(-c2cc(-c3nc(-c4ccc(S(=O)(=O)C(C)C)cc4)cnc3N)on2)cc1. The first-order valence-electron chi connectivity index (χ1n) is 11.7. The highest BCUT2D eigenvalue weighted by atomic mass is 32.2. The Hall–Kier alpha value is -3.56. The van der Waals surface area contributed by atoms with Crippen LogP contribution in [-0.4, -0.2) is 35.8 Å². The molecule has 4 rings (SSSR count). The monoisotopic (exact) mass is 466 g/mol. The first kappa shape index (κ1) is 19.0. The minimum Gasteiger partial charge on any atom is -0.382 e. The fourth-order valence-corrected chi connectivity index (χ4v) is 4.28. The Kier molecular flexibility index (Phi) is 5.24. The lowest BCUT2D eigenvalue weighted by atomic mass is 10.1. The van der Waals surface area contributed by atoms with Crippen molar-refractivity contribution in [3.63, 3.8) is 0 Å². The number of nitrogens with zero attached hydrogens (tertiary/aromatic N) is 3. The number of rotatable bonds is 7. The second-order valence-corrected chi connectivity index (χ2v) is 10.2. The summed E-state index contributed by atoms with van der Waals surface area (Å²) < 4.78 is 52.0. The molecule has 0 amide bonds. The van der Waals surface area contributed by atoms with Gasteiger partial charge in [0, 0.05) is 27.9 Å². The molecule has 0 aliphatic heterocycles. The maximum atomic E-state index is 12.4. The molecule has 0 aliphatic carbocycles. The third kappa shape index (κ3) is 4.64. The van der Waals surface area contributed by atoms with Gasteiger partial charge in [-0.15, -0.1) is 0 Å². The average Bonchev–Trinajstić information content (AvgIpc) is 3.33. The molecule has 33 heavy (non-hydrogen) atoms. The van der Waals surface area contributed by atoms with Gasteiger partial charge in [0.05, 0.1) is 22.0 Å². The predicted octanol–water partition coefficient (Wildman–Crippen LogP) is 3.95. The van der Waals surface area contributed by atoms with E-state index in [9.17, 15) is 8.42 Å². The largest absolute Gasteiger partial charge is 0.382 e. The summed E-state index contributed by atoms with van der Waals surface area (Å²) in [6, 6.07) is 15.4. The first-order chi connectivity index (χ1) is 16.9. The minimum atomic E-state index is -3.38. The lowest BCUT2D eigenvalue weighted by molar-refractivity contribution is 0.434. The zero-order chi connectivity index (χ0) is 26.1. The molecule has 0 atom stereocenters. The number of aromatic nitrogens is 3. The molecule has 0 bridgehead atoms. The van der Waals surface area contributed by atoms with Crippen molar-refractivity contribution in [1.82, 2.24) is 20.4 Å². The van der Waals surface area contributed by atoms with Gasteiger partial charge in [0.2, 0.25) is 0 Å². The number of hydrogen-bond acceptors (Lipinski definition) is 8. The van der Waals surface area contributed by atoms with Crippen LogP contribution in [0.5, 0.6) is 0 Å². The Labute approximate surface area is 197 Å². The third-order valence-corrected chi connectivity index (χ3v) is 7.36. The van der Waals surface area contributed by atoms with Gasteiger partial charge < -0.3 is 15.6 Å². The smallest absolute Gasteiger partial charge is 0.189 e. The molecule has 2 aromatic carbocycles. The molecule has 0 aliphatic rings. The Morgan fingerprint density at radius 3 is 2.39 bits per heavy atom. The van der Waals surface area contributed by atoms with Crippen LogP contribution in [0.3, 0.4) is 0 Å². The first-order valence-corrected chi connectivity index (χ1v) is 11.8. The molecule has 170 valence electrons. The fraction of sp³-hybridized carbons (Fsp3) is 0.208. The Morgan fingerprint density at radius 2 is 1.73 bits per heavy atom. The van der Waals surface area contributed by atoms with E-state index in [0.717, 1.165) is 11.1 Å². The number of nitrogens with one attached hydrogen (secondary N) is 1. The molecule has 0 radical (unpaired) electrons. The van der Waals surface area contributed by atoms with Gasteiger partial charge in [-0.05, 0) is 38.5 Å². The van der Waals surface area contributed by atoms with Crippen LogP contribution in [0, 0.1) is 0 Å². The van der Waals surface area contributed by atoms with Gasteiger partial charge >= 0.3 is 0 Å². The van der Waals surface area contributed by atoms with E-state index in [4.69, 9.17) is 14.4 Å². The molecule has 8 nitrogen and oxygen atoms in total. The van der Waals surface area contributed by atoms with E-state index in [1.54, 1.807) is 56.3 Å². The van der Waals surface area contributed by atoms with E-state index in [-0.39, 0.29) is 17.3 Å². The quantitative estimate of drug-likeness (QED) is 0.420. The fourth-order valence-electron chi connectivity index (χ4n) is 3.22. The Morgan fingerprint density at radius 1 is 1.06 bits per heavy atom. The van der Waals surface area contributed by atoms with Crippen molar-refractivity contribution in [2.75, 3.05) is 12.7 Å². The predicted molar refractivity (Wildman–Crippen MR) is 128 cm³/mol. The summed E-state index contributed by atoms with van der Waals surface area (Å²) in [5.74, 6) is 0.482. The summed E-state index contributed by atoms with van der Waals surface area (Å²) in [5, 5.41) is 6.06. The van der Waals surface area contributed by atoms with E-state index in [2.05, 4.69) is 20.4 Å². The molecule has 0 spiro atoms. The van der Waals surface area contributed by atoms with E-state index >= 15 is 0 Å². The molecule has 0 saturated heterocycles. The van der Waals surface area contributed by atoms with Crippen LogP contribution < -0.4 is 11.1 Å².